The van der Waals surface area contributed by atoms with Gasteiger partial charge in [0.2, 0.25) is 47.3 Å². The normalized spacial score (nSPS) is 13.7. The van der Waals surface area contributed by atoms with Crippen molar-refractivity contribution >= 4 is 64.1 Å². The van der Waals surface area contributed by atoms with Crippen LogP contribution in [0, 0.1) is 0 Å². The van der Waals surface area contributed by atoms with Crippen LogP contribution in [0.1, 0.15) is 70.4 Å². The zero-order valence-corrected chi connectivity index (χ0v) is 36.5. The molecule has 1 heterocycles. The fourth-order valence-electron chi connectivity index (χ4n) is 6.69. The Kier molecular flexibility index (Phi) is 21.2. The first kappa shape index (κ1) is 51.3. The summed E-state index contributed by atoms with van der Waals surface area (Å²) in [6, 6.07) is 9.19. The number of carbonyl (C=O) groups is 8. The van der Waals surface area contributed by atoms with E-state index >= 15 is 0 Å². The van der Waals surface area contributed by atoms with E-state index in [0.717, 1.165) is 22.9 Å². The van der Waals surface area contributed by atoms with Crippen molar-refractivity contribution in [2.45, 2.75) is 108 Å². The molecule has 348 valence electrons. The molecule has 21 heteroatoms. The Bertz CT molecular complexity index is 2090. The molecule has 0 aliphatic carbocycles. The van der Waals surface area contributed by atoms with Crippen molar-refractivity contribution in [1.82, 2.24) is 42.2 Å². The second kappa shape index (κ2) is 26.4. The van der Waals surface area contributed by atoms with Crippen LogP contribution in [-0.4, -0.2) is 114 Å². The second-order valence-electron chi connectivity index (χ2n) is 15.3. The van der Waals surface area contributed by atoms with E-state index in [1.807, 2.05) is 31.2 Å². The van der Waals surface area contributed by atoms with Gasteiger partial charge in [0.05, 0.1) is 6.54 Å². The van der Waals surface area contributed by atoms with E-state index in [-0.39, 0.29) is 51.2 Å². The number of nitrogens with one attached hydrogen (secondary N) is 8. The van der Waals surface area contributed by atoms with Gasteiger partial charge in [-0.2, -0.15) is 0 Å². The molecule has 0 fully saturated rings. The van der Waals surface area contributed by atoms with Crippen LogP contribution in [0.5, 0.6) is 0 Å². The third-order valence-electron chi connectivity index (χ3n) is 10.1. The third-order valence-corrected chi connectivity index (χ3v) is 10.1. The number of nitrogens with zero attached hydrogens (tertiary/aromatic N) is 1. The van der Waals surface area contributed by atoms with Gasteiger partial charge in [-0.1, -0.05) is 68.3 Å². The van der Waals surface area contributed by atoms with Gasteiger partial charge in [0.25, 0.3) is 0 Å². The molecule has 6 atom stereocenters. The van der Waals surface area contributed by atoms with Crippen LogP contribution in [0.15, 0.2) is 65.8 Å². The number of rotatable bonds is 27. The average molecular weight is 890 g/mol. The van der Waals surface area contributed by atoms with Crippen molar-refractivity contribution < 1.29 is 38.4 Å². The fourth-order valence-corrected chi connectivity index (χ4v) is 6.69. The minimum atomic E-state index is -1.29. The molecule has 0 saturated heterocycles. The molecule has 0 bridgehead atoms. The summed E-state index contributed by atoms with van der Waals surface area (Å²) in [5, 5.41) is 19.0. The first-order valence-corrected chi connectivity index (χ1v) is 21.2. The molecule has 0 radical (unpaired) electrons. The van der Waals surface area contributed by atoms with E-state index in [0.29, 0.717) is 18.4 Å². The van der Waals surface area contributed by atoms with E-state index in [1.54, 1.807) is 36.5 Å². The standard InChI is InChI=1S/C43H63N13O8/c1-4-5-15-31(52-26(3)57)39(61)50-24-36(58)53-33(18-19-44)41(63)56-35(21-27-12-7-6-8-13-27)42(64)54-32(17-11-20-48-43(46)47)40(62)51-25(2)38(60)55-34(37(45)59)22-28-23-49-30-16-10-9-14-29(28)30/h6-10,12-14,16,23,25,31-35,49H,4-5,11,15,17-22,24,44H2,1-3H3,(H2,45,59)(H,50,61)(H,51,62)(H,52,57)(H,53,58)(H,54,64)(H,55,60)(H,56,63)(H4,46,47,48)/t25-,31-,32-,33-,34-,35+/m0/s1. The molecule has 3 aromatic rings. The van der Waals surface area contributed by atoms with Gasteiger partial charge >= 0.3 is 0 Å². The maximum atomic E-state index is 14.1. The molecule has 0 aliphatic heterocycles. The highest BCUT2D eigenvalue weighted by atomic mass is 16.2. The summed E-state index contributed by atoms with van der Waals surface area (Å²) in [7, 11) is 0. The number of aromatic amines is 1. The van der Waals surface area contributed by atoms with Crippen molar-refractivity contribution in [2.24, 2.45) is 27.9 Å². The lowest BCUT2D eigenvalue weighted by Crippen LogP contribution is -2.59. The number of guanidine groups is 1. The predicted molar refractivity (Wildman–Crippen MR) is 240 cm³/mol. The highest BCUT2D eigenvalue weighted by Gasteiger charge is 2.32. The molecule has 0 aliphatic rings. The summed E-state index contributed by atoms with van der Waals surface area (Å²) >= 11 is 0. The largest absolute Gasteiger partial charge is 0.370 e. The van der Waals surface area contributed by atoms with Crippen molar-refractivity contribution in [3.8, 4) is 0 Å². The molecule has 0 unspecified atom stereocenters. The van der Waals surface area contributed by atoms with Gasteiger partial charge in [-0.05, 0) is 56.3 Å². The number of primary amides is 1. The Morgan fingerprint density at radius 1 is 0.656 bits per heavy atom. The topological polar surface area (TPSA) is 353 Å². The first-order chi connectivity index (χ1) is 30.5. The lowest BCUT2D eigenvalue weighted by atomic mass is 10.0. The number of H-pyrrole nitrogens is 1. The van der Waals surface area contributed by atoms with Crippen LogP contribution < -0.4 is 60.2 Å². The smallest absolute Gasteiger partial charge is 0.243 e. The van der Waals surface area contributed by atoms with Crippen LogP contribution in [0.25, 0.3) is 10.9 Å². The van der Waals surface area contributed by atoms with Crippen molar-refractivity contribution in [1.29, 1.82) is 0 Å². The van der Waals surface area contributed by atoms with Crippen LogP contribution in [0.2, 0.25) is 0 Å². The first-order valence-electron chi connectivity index (χ1n) is 21.2. The highest BCUT2D eigenvalue weighted by Crippen LogP contribution is 2.19. The van der Waals surface area contributed by atoms with Crippen molar-refractivity contribution in [2.75, 3.05) is 19.6 Å². The summed E-state index contributed by atoms with van der Waals surface area (Å²) in [4.78, 5) is 112. The molecule has 0 saturated carbocycles. The van der Waals surface area contributed by atoms with E-state index in [4.69, 9.17) is 22.9 Å². The van der Waals surface area contributed by atoms with Gasteiger partial charge in [0.15, 0.2) is 5.96 Å². The van der Waals surface area contributed by atoms with Crippen molar-refractivity contribution in [3.63, 3.8) is 0 Å². The quantitative estimate of drug-likeness (QED) is 0.0228. The van der Waals surface area contributed by atoms with Crippen molar-refractivity contribution in [3.05, 3.63) is 71.9 Å². The van der Waals surface area contributed by atoms with Crippen LogP contribution >= 0.6 is 0 Å². The van der Waals surface area contributed by atoms with Gasteiger partial charge in [0, 0.05) is 43.4 Å². The molecule has 21 nitrogen and oxygen atoms in total. The minimum Gasteiger partial charge on any atom is -0.370 e. The predicted octanol–water partition coefficient (Wildman–Crippen LogP) is -1.90. The Balaban J connectivity index is 1.76. The number of unbranched alkanes of at least 4 members (excludes halogenated alkanes) is 1. The Morgan fingerprint density at radius 2 is 1.25 bits per heavy atom. The summed E-state index contributed by atoms with van der Waals surface area (Å²) in [6.07, 6.45) is 3.75. The number of carbonyl (C=O) groups excluding carboxylic acids is 8. The molecule has 3 rings (SSSR count). The van der Waals surface area contributed by atoms with E-state index < -0.39 is 90.1 Å². The number of benzene rings is 2. The monoisotopic (exact) mass is 889 g/mol. The van der Waals surface area contributed by atoms with Crippen LogP contribution in [-0.2, 0) is 51.2 Å². The SMILES string of the molecule is CCCC[C@H](NC(C)=O)C(=O)NCC(=O)N[C@@H](CCN)C(=O)N[C@H](Cc1ccccc1)C(=O)N[C@@H](CCCN=C(N)N)C(=O)N[C@@H](C)C(=O)N[C@@H](Cc1c[nH]c2ccccc12)C(N)=O. The number of nitrogens with two attached hydrogens (primary N) is 4. The van der Waals surface area contributed by atoms with E-state index in [9.17, 15) is 38.4 Å². The van der Waals surface area contributed by atoms with Gasteiger partial charge in [-0.3, -0.25) is 43.3 Å². The zero-order chi connectivity index (χ0) is 47.2. The molecule has 64 heavy (non-hydrogen) atoms. The maximum absolute atomic E-state index is 14.1. The average Bonchev–Trinajstić information content (AvgIpc) is 3.66. The number of aliphatic imine (C=N–C) groups is 1. The number of amides is 8. The second-order valence-corrected chi connectivity index (χ2v) is 15.3. The molecule has 8 amide bonds. The number of hydrogen-bond donors (Lipinski definition) is 12. The zero-order valence-electron chi connectivity index (χ0n) is 36.5. The number of hydrogen-bond acceptors (Lipinski definition) is 10. The van der Waals surface area contributed by atoms with Crippen LogP contribution in [0.3, 0.4) is 0 Å². The maximum Gasteiger partial charge on any atom is 0.243 e. The summed E-state index contributed by atoms with van der Waals surface area (Å²) < 4.78 is 0. The molecular formula is C43H63N13O8. The number of aromatic nitrogens is 1. The van der Waals surface area contributed by atoms with E-state index in [2.05, 4.69) is 47.2 Å². The molecular weight excluding hydrogens is 827 g/mol. The highest BCUT2D eigenvalue weighted by molar-refractivity contribution is 5.97. The molecule has 0 spiro atoms. The van der Waals surface area contributed by atoms with Gasteiger partial charge < -0.3 is 65.1 Å². The van der Waals surface area contributed by atoms with Gasteiger partial charge in [-0.15, -0.1) is 0 Å². The minimum absolute atomic E-state index is 0.00200. The van der Waals surface area contributed by atoms with Gasteiger partial charge in [0.1, 0.15) is 36.3 Å². The number of fused-ring (bicyclic) bond motifs is 1. The fraction of sp³-hybridized carbons (Fsp3) is 0.465. The molecule has 16 N–H and O–H groups in total. The summed E-state index contributed by atoms with van der Waals surface area (Å²) in [6.45, 7) is 4.17. The Morgan fingerprint density at radius 3 is 1.91 bits per heavy atom. The lowest BCUT2D eigenvalue weighted by molar-refractivity contribution is -0.135. The summed E-state index contributed by atoms with van der Waals surface area (Å²) in [5.41, 5.74) is 24.7. The van der Waals surface area contributed by atoms with E-state index in [1.165, 1.54) is 13.8 Å². The lowest BCUT2D eigenvalue weighted by Gasteiger charge is -2.26. The third kappa shape index (κ3) is 17.4. The Labute approximate surface area is 371 Å². The molecule has 2 aromatic carbocycles. The molecule has 1 aromatic heterocycles. The summed E-state index contributed by atoms with van der Waals surface area (Å²) in [5.74, 6) is -5.68. The Hall–Kier alpha value is -7.03. The number of para-hydroxylation sites is 1. The van der Waals surface area contributed by atoms with Gasteiger partial charge in [-0.25, -0.2) is 0 Å². The van der Waals surface area contributed by atoms with Crippen LogP contribution in [0.4, 0.5) is 0 Å².